The van der Waals surface area contributed by atoms with Crippen molar-refractivity contribution in [3.63, 3.8) is 0 Å². The van der Waals surface area contributed by atoms with Crippen LogP contribution in [0.2, 0.25) is 0 Å². The molecule has 1 aliphatic carbocycles. The fourth-order valence-electron chi connectivity index (χ4n) is 5.38. The number of nitrogens with zero attached hydrogens (tertiary/aromatic N) is 6. The third-order valence-corrected chi connectivity index (χ3v) is 7.56. The SMILES string of the molecule is CCC(c1ccc(OC2CC2)cc1)N1CC(C)N(c2nc(=O)n(C)c3ccc(C#N)nc23)C[C@H]1CC. The molecule has 1 saturated carbocycles. The van der Waals surface area contributed by atoms with Crippen molar-refractivity contribution in [2.75, 3.05) is 18.0 Å². The highest BCUT2D eigenvalue weighted by molar-refractivity contribution is 5.86. The van der Waals surface area contributed by atoms with Crippen molar-refractivity contribution in [3.05, 3.63) is 58.1 Å². The van der Waals surface area contributed by atoms with Crippen LogP contribution < -0.4 is 15.3 Å². The van der Waals surface area contributed by atoms with Gasteiger partial charge in [-0.3, -0.25) is 9.47 Å². The van der Waals surface area contributed by atoms with Gasteiger partial charge in [0.25, 0.3) is 0 Å². The summed E-state index contributed by atoms with van der Waals surface area (Å²) in [5, 5.41) is 9.42. The third kappa shape index (κ3) is 4.56. The van der Waals surface area contributed by atoms with Crippen LogP contribution in [-0.4, -0.2) is 50.7 Å². The first-order valence-electron chi connectivity index (χ1n) is 13.0. The number of hydrogen-bond acceptors (Lipinski definition) is 7. The fraction of sp³-hybridized carbons (Fsp3) is 0.500. The van der Waals surface area contributed by atoms with Gasteiger partial charge in [-0.2, -0.15) is 10.2 Å². The lowest BCUT2D eigenvalue weighted by atomic mass is 9.96. The zero-order chi connectivity index (χ0) is 25.4. The van der Waals surface area contributed by atoms with Crippen LogP contribution in [0.3, 0.4) is 0 Å². The molecule has 3 heterocycles. The van der Waals surface area contributed by atoms with E-state index in [1.54, 1.807) is 19.2 Å². The van der Waals surface area contributed by atoms with E-state index in [-0.39, 0.29) is 17.8 Å². The molecule has 188 valence electrons. The minimum atomic E-state index is -0.313. The predicted molar refractivity (Wildman–Crippen MR) is 140 cm³/mol. The van der Waals surface area contributed by atoms with Crippen LogP contribution in [0.4, 0.5) is 5.82 Å². The van der Waals surface area contributed by atoms with Gasteiger partial charge in [0, 0.05) is 38.3 Å². The van der Waals surface area contributed by atoms with E-state index in [0.717, 1.165) is 44.5 Å². The number of hydrogen-bond donors (Lipinski definition) is 0. The normalized spacial score (nSPS) is 21.4. The molecule has 3 atom stereocenters. The Bertz CT molecular complexity index is 1340. The zero-order valence-corrected chi connectivity index (χ0v) is 21.5. The number of nitriles is 1. The van der Waals surface area contributed by atoms with Gasteiger partial charge < -0.3 is 9.64 Å². The minimum absolute atomic E-state index is 0.120. The van der Waals surface area contributed by atoms with Crippen LogP contribution in [-0.2, 0) is 7.05 Å². The Kier molecular flexibility index (Phi) is 6.67. The predicted octanol–water partition coefficient (Wildman–Crippen LogP) is 4.18. The lowest BCUT2D eigenvalue weighted by molar-refractivity contribution is 0.0939. The van der Waals surface area contributed by atoms with Crippen LogP contribution in [0.25, 0.3) is 11.0 Å². The van der Waals surface area contributed by atoms with Crippen molar-refractivity contribution in [1.82, 2.24) is 19.4 Å². The van der Waals surface area contributed by atoms with E-state index in [1.807, 2.05) is 0 Å². The monoisotopic (exact) mass is 486 g/mol. The molecule has 8 heteroatoms. The van der Waals surface area contributed by atoms with Gasteiger partial charge in [-0.05, 0) is 62.4 Å². The van der Waals surface area contributed by atoms with Gasteiger partial charge in [0.15, 0.2) is 5.82 Å². The highest BCUT2D eigenvalue weighted by atomic mass is 16.5. The van der Waals surface area contributed by atoms with E-state index in [9.17, 15) is 10.1 Å². The third-order valence-electron chi connectivity index (χ3n) is 7.56. The Balaban J connectivity index is 1.45. The van der Waals surface area contributed by atoms with Crippen LogP contribution in [0.15, 0.2) is 41.2 Å². The second kappa shape index (κ2) is 9.90. The summed E-state index contributed by atoms with van der Waals surface area (Å²) in [4.78, 5) is 26.5. The number of pyridine rings is 1. The number of anilines is 1. The molecule has 5 rings (SSSR count). The van der Waals surface area contributed by atoms with E-state index in [2.05, 4.69) is 70.9 Å². The van der Waals surface area contributed by atoms with Gasteiger partial charge >= 0.3 is 5.69 Å². The molecule has 2 aromatic heterocycles. The average Bonchev–Trinajstić information content (AvgIpc) is 3.71. The number of fused-ring (bicyclic) bond motifs is 1. The maximum atomic E-state index is 12.7. The Hall–Kier alpha value is -3.44. The Morgan fingerprint density at radius 1 is 1.11 bits per heavy atom. The first-order valence-corrected chi connectivity index (χ1v) is 13.0. The van der Waals surface area contributed by atoms with Crippen molar-refractivity contribution >= 4 is 16.9 Å². The Morgan fingerprint density at radius 3 is 2.50 bits per heavy atom. The van der Waals surface area contributed by atoms with Gasteiger partial charge in [-0.1, -0.05) is 26.0 Å². The molecule has 1 aromatic carbocycles. The van der Waals surface area contributed by atoms with Crippen LogP contribution in [0.5, 0.6) is 5.75 Å². The molecule has 2 unspecified atom stereocenters. The fourth-order valence-corrected chi connectivity index (χ4v) is 5.38. The second-order valence-corrected chi connectivity index (χ2v) is 10.0. The van der Waals surface area contributed by atoms with Gasteiger partial charge in [0.1, 0.15) is 23.0 Å². The number of aryl methyl sites for hydroxylation is 1. The summed E-state index contributed by atoms with van der Waals surface area (Å²) in [6.07, 6.45) is 4.69. The first kappa shape index (κ1) is 24.3. The molecule has 2 aliphatic rings. The molecule has 8 nitrogen and oxygen atoms in total. The van der Waals surface area contributed by atoms with E-state index in [1.165, 1.54) is 10.1 Å². The lowest BCUT2D eigenvalue weighted by Gasteiger charge is -2.49. The maximum absolute atomic E-state index is 12.7. The molecule has 1 aliphatic heterocycles. The Labute approximate surface area is 212 Å². The lowest BCUT2D eigenvalue weighted by Crippen LogP contribution is -2.58. The first-order chi connectivity index (χ1) is 17.4. The molecule has 0 bridgehead atoms. The van der Waals surface area contributed by atoms with Crippen LogP contribution in [0.1, 0.15) is 63.8 Å². The van der Waals surface area contributed by atoms with Crippen molar-refractivity contribution in [3.8, 4) is 11.8 Å². The summed E-state index contributed by atoms with van der Waals surface area (Å²) in [6.45, 7) is 8.22. The molecular weight excluding hydrogens is 452 g/mol. The topological polar surface area (TPSA) is 87.3 Å². The summed E-state index contributed by atoms with van der Waals surface area (Å²) in [5.41, 5.74) is 2.60. The molecule has 0 amide bonds. The summed E-state index contributed by atoms with van der Waals surface area (Å²) in [5.74, 6) is 1.53. The van der Waals surface area contributed by atoms with Crippen LogP contribution in [0, 0.1) is 11.3 Å². The zero-order valence-electron chi connectivity index (χ0n) is 21.5. The van der Waals surface area contributed by atoms with E-state index < -0.39 is 0 Å². The van der Waals surface area contributed by atoms with Gasteiger partial charge in [-0.15, -0.1) is 0 Å². The molecular formula is C28H34N6O2. The van der Waals surface area contributed by atoms with E-state index in [0.29, 0.717) is 34.7 Å². The summed E-state index contributed by atoms with van der Waals surface area (Å²) in [6, 6.07) is 14.9. The number of rotatable bonds is 7. The molecule has 36 heavy (non-hydrogen) atoms. The number of benzene rings is 1. The van der Waals surface area contributed by atoms with Crippen molar-refractivity contribution < 1.29 is 4.74 Å². The minimum Gasteiger partial charge on any atom is -0.490 e. The molecule has 1 saturated heterocycles. The average molecular weight is 487 g/mol. The van der Waals surface area contributed by atoms with Crippen molar-refractivity contribution in [1.29, 1.82) is 5.26 Å². The maximum Gasteiger partial charge on any atom is 0.349 e. The highest BCUT2D eigenvalue weighted by Crippen LogP contribution is 2.35. The highest BCUT2D eigenvalue weighted by Gasteiger charge is 2.36. The Morgan fingerprint density at radius 2 is 1.86 bits per heavy atom. The second-order valence-electron chi connectivity index (χ2n) is 10.0. The smallest absolute Gasteiger partial charge is 0.349 e. The van der Waals surface area contributed by atoms with Gasteiger partial charge in [0.05, 0.1) is 11.6 Å². The molecule has 0 spiro atoms. The van der Waals surface area contributed by atoms with E-state index in [4.69, 9.17) is 4.74 Å². The summed E-state index contributed by atoms with van der Waals surface area (Å²) in [7, 11) is 1.69. The van der Waals surface area contributed by atoms with Gasteiger partial charge in [0.2, 0.25) is 0 Å². The van der Waals surface area contributed by atoms with Crippen molar-refractivity contribution in [2.24, 2.45) is 7.05 Å². The molecule has 3 aromatic rings. The largest absolute Gasteiger partial charge is 0.490 e. The molecule has 2 fully saturated rings. The molecule has 0 N–H and O–H groups in total. The molecule has 0 radical (unpaired) electrons. The standard InChI is InChI=1S/C28H34N6O2/c1-5-21-17-33(27-26-25(32(4)28(35)31-27)14-9-20(15-29)30-26)18(3)16-34(21)24(6-2)19-7-10-22(11-8-19)36-23-12-13-23/h7-11,14,18,21,23-24H,5-6,12-13,16-17H2,1-4H3/t18?,21-,24?/m1/s1. The summed E-state index contributed by atoms with van der Waals surface area (Å²) >= 11 is 0. The van der Waals surface area contributed by atoms with Crippen molar-refractivity contribution in [2.45, 2.75) is 70.7 Å². The van der Waals surface area contributed by atoms with Gasteiger partial charge in [-0.25, -0.2) is 9.78 Å². The van der Waals surface area contributed by atoms with Crippen LogP contribution >= 0.6 is 0 Å². The number of aromatic nitrogens is 3. The number of piperazine rings is 1. The number of ether oxygens (including phenoxy) is 1. The van der Waals surface area contributed by atoms with E-state index >= 15 is 0 Å². The summed E-state index contributed by atoms with van der Waals surface area (Å²) < 4.78 is 7.45. The quantitative estimate of drug-likeness (QED) is 0.495.